The summed E-state index contributed by atoms with van der Waals surface area (Å²) in [4.78, 5) is 38.1. The average molecular weight is 708 g/mol. The number of aromatic amines is 1. The predicted octanol–water partition coefficient (Wildman–Crippen LogP) is 6.62. The van der Waals surface area contributed by atoms with Gasteiger partial charge in [-0.15, -0.1) is 0 Å². The van der Waals surface area contributed by atoms with Crippen molar-refractivity contribution in [3.05, 3.63) is 77.3 Å². The van der Waals surface area contributed by atoms with Gasteiger partial charge in [0.25, 0.3) is 12.3 Å². The van der Waals surface area contributed by atoms with Gasteiger partial charge in [0, 0.05) is 17.3 Å². The van der Waals surface area contributed by atoms with Gasteiger partial charge in [0.2, 0.25) is 0 Å². The third kappa shape index (κ3) is 7.07. The van der Waals surface area contributed by atoms with Crippen LogP contribution in [0.5, 0.6) is 0 Å². The zero-order valence-corrected chi connectivity index (χ0v) is 29.2. The number of rotatable bonds is 11. The molecule has 0 bridgehead atoms. The Hall–Kier alpha value is -4.85. The monoisotopic (exact) mass is 707 g/mol. The van der Waals surface area contributed by atoms with E-state index >= 15 is 0 Å². The first-order chi connectivity index (χ1) is 23.6. The minimum absolute atomic E-state index is 0.0906. The van der Waals surface area contributed by atoms with Crippen LogP contribution in [0.25, 0.3) is 22.5 Å². The van der Waals surface area contributed by atoms with Crippen LogP contribution in [-0.4, -0.2) is 66.4 Å². The van der Waals surface area contributed by atoms with Crippen LogP contribution in [-0.2, 0) is 15.1 Å². The Morgan fingerprint density at radius 2 is 1.86 bits per heavy atom. The second-order valence-corrected chi connectivity index (χ2v) is 15.0. The highest BCUT2D eigenvalue weighted by Gasteiger charge is 2.53. The minimum Gasteiger partial charge on any atom is -0.447 e. The van der Waals surface area contributed by atoms with Crippen LogP contribution in [0, 0.1) is 5.41 Å². The highest BCUT2D eigenvalue weighted by atomic mass is 35.5. The Bertz CT molecular complexity index is 1900. The summed E-state index contributed by atoms with van der Waals surface area (Å²) in [6, 6.07) is 12.0. The molecule has 1 saturated carbocycles. The van der Waals surface area contributed by atoms with Gasteiger partial charge in [-0.3, -0.25) is 19.5 Å². The molecule has 0 unspecified atom stereocenters. The number of carbonyl (C=O) groups is 2. The highest BCUT2D eigenvalue weighted by molar-refractivity contribution is 6.33. The molecule has 2 aromatic heterocycles. The molecule has 0 saturated heterocycles. The van der Waals surface area contributed by atoms with Crippen LogP contribution in [0.15, 0.2) is 66.2 Å². The molecule has 1 aliphatic heterocycles. The summed E-state index contributed by atoms with van der Waals surface area (Å²) in [5.41, 5.74) is 6.47. The number of alkyl carbamates (subject to hydrolysis) is 1. The van der Waals surface area contributed by atoms with Gasteiger partial charge in [-0.05, 0) is 67.3 Å². The van der Waals surface area contributed by atoms with Gasteiger partial charge in [0.15, 0.2) is 17.3 Å². The van der Waals surface area contributed by atoms with Gasteiger partial charge in [0.1, 0.15) is 12.9 Å². The molecule has 1 aliphatic carbocycles. The van der Waals surface area contributed by atoms with Gasteiger partial charge >= 0.3 is 6.09 Å². The molecule has 0 radical (unpaired) electrons. The summed E-state index contributed by atoms with van der Waals surface area (Å²) >= 11 is 6.53. The van der Waals surface area contributed by atoms with E-state index in [4.69, 9.17) is 27.1 Å². The van der Waals surface area contributed by atoms with Crippen LogP contribution < -0.4 is 11.1 Å². The fraction of sp³-hybridized carbons (Fsp3) is 0.429. The lowest BCUT2D eigenvalue weighted by molar-refractivity contribution is -0.135. The lowest BCUT2D eigenvalue weighted by Crippen LogP contribution is -2.50. The number of ether oxygens (including phenoxy) is 1. The SMILES string of the molecule is CC(C)(C)C[C@]1(c2ccc(-c3cnn(C4CC4)c3)cc2)N=C(N)N([C@H](COC(=O)NC(C)(C)C(F)F)c2ccc(Cl)c(-c3ncn[nH]3)c2)C1=O. The minimum atomic E-state index is -2.85. The number of aliphatic imine (C=N–C) groups is 1. The van der Waals surface area contributed by atoms with E-state index in [1.54, 1.807) is 18.2 Å². The summed E-state index contributed by atoms with van der Waals surface area (Å²) in [6.07, 6.45) is 3.78. The van der Waals surface area contributed by atoms with Crippen molar-refractivity contribution < 1.29 is 23.1 Å². The molecule has 264 valence electrons. The van der Waals surface area contributed by atoms with Crippen molar-refractivity contribution in [1.82, 2.24) is 35.2 Å². The van der Waals surface area contributed by atoms with Gasteiger partial charge in [0.05, 0.1) is 28.8 Å². The number of nitrogens with two attached hydrogens (primary N) is 1. The van der Waals surface area contributed by atoms with Crippen molar-refractivity contribution in [2.24, 2.45) is 16.1 Å². The zero-order valence-electron chi connectivity index (χ0n) is 28.5. The Labute approximate surface area is 293 Å². The number of hydrogen-bond donors (Lipinski definition) is 3. The number of guanidine groups is 1. The van der Waals surface area contributed by atoms with Crippen molar-refractivity contribution in [3.63, 3.8) is 0 Å². The second kappa shape index (κ2) is 13.1. The number of hydrogen-bond acceptors (Lipinski definition) is 8. The van der Waals surface area contributed by atoms with E-state index in [1.165, 1.54) is 25.1 Å². The van der Waals surface area contributed by atoms with E-state index in [2.05, 4.69) is 25.6 Å². The van der Waals surface area contributed by atoms with E-state index in [0.29, 0.717) is 40.0 Å². The van der Waals surface area contributed by atoms with Crippen LogP contribution in [0.1, 0.15) is 77.1 Å². The Morgan fingerprint density at radius 1 is 1.14 bits per heavy atom. The molecule has 12 nitrogen and oxygen atoms in total. The quantitative estimate of drug-likeness (QED) is 0.158. The first kappa shape index (κ1) is 35.0. The van der Waals surface area contributed by atoms with Gasteiger partial charge < -0.3 is 15.8 Å². The third-order valence-electron chi connectivity index (χ3n) is 8.83. The molecule has 1 fully saturated rings. The fourth-order valence-electron chi connectivity index (χ4n) is 6.13. The average Bonchev–Trinajstić information content (AvgIpc) is 3.42. The predicted molar refractivity (Wildman–Crippen MR) is 184 cm³/mol. The number of benzene rings is 2. The summed E-state index contributed by atoms with van der Waals surface area (Å²) < 4.78 is 34.6. The van der Waals surface area contributed by atoms with Gasteiger partial charge in [-0.25, -0.2) is 23.6 Å². The molecule has 0 spiro atoms. The molecule has 2 atom stereocenters. The van der Waals surface area contributed by atoms with Crippen molar-refractivity contribution in [3.8, 4) is 22.5 Å². The van der Waals surface area contributed by atoms with Crippen LogP contribution in [0.2, 0.25) is 5.02 Å². The molecule has 2 amide bonds. The summed E-state index contributed by atoms with van der Waals surface area (Å²) in [6.45, 7) is 7.94. The first-order valence-corrected chi connectivity index (χ1v) is 16.7. The largest absolute Gasteiger partial charge is 0.447 e. The van der Waals surface area contributed by atoms with Crippen molar-refractivity contribution in [1.29, 1.82) is 0 Å². The molecule has 15 heteroatoms. The molecular formula is C35H40ClF2N9O3. The molecule has 4 N–H and O–H groups in total. The van der Waals surface area contributed by atoms with Crippen LogP contribution in [0.4, 0.5) is 13.6 Å². The van der Waals surface area contributed by atoms with E-state index < -0.39 is 42.2 Å². The van der Waals surface area contributed by atoms with Crippen LogP contribution in [0.3, 0.4) is 0 Å². The molecule has 3 heterocycles. The molecule has 6 rings (SSSR count). The standard InChI is InChI=1S/C35H40ClF2N9O3/c1-33(2,3)18-35(23-9-6-20(7-10-23)22-15-42-46(16-22)24-11-12-24)30(48)47(31(39)43-35)27(17-50-32(49)44-34(4,5)29(37)38)21-8-13-26(36)25(14-21)28-40-19-41-45-28/h6-10,13-16,19,24,27,29H,11-12,17-18H2,1-5H3,(H2,39,43)(H,44,49)(H,40,41,45)/t27-,35-/m1/s1. The van der Waals surface area contributed by atoms with Gasteiger partial charge in [-0.2, -0.15) is 10.2 Å². The lowest BCUT2D eigenvalue weighted by atomic mass is 9.75. The van der Waals surface area contributed by atoms with Gasteiger partial charge in [-0.1, -0.05) is 62.7 Å². The number of H-pyrrole nitrogens is 1. The molecule has 50 heavy (non-hydrogen) atoms. The normalized spacial score (nSPS) is 18.8. The Balaban J connectivity index is 1.37. The van der Waals surface area contributed by atoms with E-state index in [1.807, 2.05) is 62.1 Å². The van der Waals surface area contributed by atoms with E-state index in [0.717, 1.165) is 24.0 Å². The number of halogens is 3. The fourth-order valence-corrected chi connectivity index (χ4v) is 6.34. The maximum atomic E-state index is 14.9. The Morgan fingerprint density at radius 3 is 2.48 bits per heavy atom. The van der Waals surface area contributed by atoms with E-state index in [9.17, 15) is 18.4 Å². The smallest absolute Gasteiger partial charge is 0.407 e. The topological polar surface area (TPSA) is 156 Å². The maximum Gasteiger partial charge on any atom is 0.407 e. The molecular weight excluding hydrogens is 668 g/mol. The summed E-state index contributed by atoms with van der Waals surface area (Å²) in [5, 5.41) is 13.7. The van der Waals surface area contributed by atoms with Crippen molar-refractivity contribution in [2.45, 2.75) is 83.5 Å². The van der Waals surface area contributed by atoms with Crippen molar-refractivity contribution >= 4 is 29.6 Å². The zero-order chi connectivity index (χ0) is 36.0. The molecule has 2 aromatic carbocycles. The summed E-state index contributed by atoms with van der Waals surface area (Å²) in [7, 11) is 0. The number of nitrogens with one attached hydrogen (secondary N) is 2. The van der Waals surface area contributed by atoms with E-state index in [-0.39, 0.29) is 11.4 Å². The number of aromatic nitrogens is 5. The first-order valence-electron chi connectivity index (χ1n) is 16.3. The summed E-state index contributed by atoms with van der Waals surface area (Å²) in [5.74, 6) is -0.156. The van der Waals surface area contributed by atoms with Crippen molar-refractivity contribution in [2.75, 3.05) is 6.61 Å². The maximum absolute atomic E-state index is 14.9. The number of amides is 2. The Kier molecular flexibility index (Phi) is 9.18. The number of alkyl halides is 2. The highest BCUT2D eigenvalue weighted by Crippen LogP contribution is 2.45. The molecule has 4 aromatic rings. The van der Waals surface area contributed by atoms with Crippen LogP contribution >= 0.6 is 11.6 Å². The lowest BCUT2D eigenvalue weighted by Gasteiger charge is -2.35. The second-order valence-electron chi connectivity index (χ2n) is 14.6. The number of carbonyl (C=O) groups excluding carboxylic acids is 2. The molecule has 2 aliphatic rings. The third-order valence-corrected chi connectivity index (χ3v) is 9.16. The number of nitrogens with zero attached hydrogens (tertiary/aromatic N) is 6.